The Morgan fingerprint density at radius 1 is 1.26 bits per heavy atom. The van der Waals surface area contributed by atoms with E-state index >= 15 is 0 Å². The van der Waals surface area contributed by atoms with E-state index < -0.39 is 53.5 Å². The van der Waals surface area contributed by atoms with Gasteiger partial charge in [-0.25, -0.2) is 4.98 Å². The first kappa shape index (κ1) is 19.3. The van der Waals surface area contributed by atoms with Crippen molar-refractivity contribution in [1.82, 2.24) is 4.98 Å². The lowest BCUT2D eigenvalue weighted by Crippen LogP contribution is -2.22. The number of hydrogen-bond donors (Lipinski definition) is 0. The van der Waals surface area contributed by atoms with Crippen LogP contribution in [0.4, 0.5) is 26.3 Å². The third-order valence-electron chi connectivity index (χ3n) is 2.40. The first-order chi connectivity index (χ1) is 10.5. The molecule has 23 heavy (non-hydrogen) atoms. The average Bonchev–Trinajstić information content (AvgIpc) is 2.37. The molecule has 0 amide bonds. The van der Waals surface area contributed by atoms with Gasteiger partial charge in [0.25, 0.3) is 0 Å². The van der Waals surface area contributed by atoms with E-state index in [2.05, 4.69) is 14.5 Å². The van der Waals surface area contributed by atoms with Crippen LogP contribution in [0.25, 0.3) is 0 Å². The molecule has 0 saturated heterocycles. The lowest BCUT2D eigenvalue weighted by Gasteiger charge is -2.17. The highest BCUT2D eigenvalue weighted by molar-refractivity contribution is 6.17. The quantitative estimate of drug-likeness (QED) is 0.452. The maximum atomic E-state index is 12.9. The lowest BCUT2D eigenvalue weighted by molar-refractivity contribution is -0.275. The van der Waals surface area contributed by atoms with Crippen LogP contribution in [0.1, 0.15) is 23.9 Å². The van der Waals surface area contributed by atoms with Crippen molar-refractivity contribution in [2.75, 3.05) is 6.61 Å². The maximum Gasteiger partial charge on any atom is 0.573 e. The molecule has 0 unspecified atom stereocenters. The second-order valence-electron chi connectivity index (χ2n) is 4.10. The Morgan fingerprint density at radius 2 is 1.87 bits per heavy atom. The molecule has 11 heteroatoms. The van der Waals surface area contributed by atoms with Crippen molar-refractivity contribution in [2.45, 2.75) is 31.8 Å². The van der Waals surface area contributed by atoms with Gasteiger partial charge in [0.1, 0.15) is 5.69 Å². The zero-order chi connectivity index (χ0) is 17.8. The van der Waals surface area contributed by atoms with Crippen LogP contribution in [0.15, 0.2) is 6.07 Å². The van der Waals surface area contributed by atoms with Crippen LogP contribution in [-0.2, 0) is 28.0 Å². The molecule has 0 radical (unpaired) electrons. The van der Waals surface area contributed by atoms with E-state index in [-0.39, 0.29) is 6.61 Å². The number of rotatable bonds is 5. The number of nitrogens with zero attached hydrogens (tertiary/aromatic N) is 1. The summed E-state index contributed by atoms with van der Waals surface area (Å²) in [5, 5.41) is 0. The monoisotopic (exact) mass is 365 g/mol. The molecule has 0 aliphatic rings. The van der Waals surface area contributed by atoms with Gasteiger partial charge in [0.2, 0.25) is 0 Å². The van der Waals surface area contributed by atoms with Crippen LogP contribution >= 0.6 is 11.6 Å². The minimum absolute atomic E-state index is 0.0970. The molecular weight excluding hydrogens is 356 g/mol. The normalized spacial score (nSPS) is 12.2. The highest BCUT2D eigenvalue weighted by Gasteiger charge is 2.38. The number of esters is 1. The Morgan fingerprint density at radius 3 is 2.30 bits per heavy atom. The molecule has 0 aromatic carbocycles. The van der Waals surface area contributed by atoms with Gasteiger partial charge in [0.15, 0.2) is 5.75 Å². The highest BCUT2D eigenvalue weighted by Crippen LogP contribution is 2.36. The van der Waals surface area contributed by atoms with Crippen LogP contribution in [0.5, 0.6) is 5.75 Å². The summed E-state index contributed by atoms with van der Waals surface area (Å²) in [4.78, 5) is 14.4. The smallest absolute Gasteiger partial charge is 0.466 e. The van der Waals surface area contributed by atoms with Crippen LogP contribution < -0.4 is 4.74 Å². The number of aromatic nitrogens is 1. The summed E-state index contributed by atoms with van der Waals surface area (Å²) >= 11 is 5.32. The first-order valence-electron chi connectivity index (χ1n) is 6.05. The molecule has 0 spiro atoms. The van der Waals surface area contributed by atoms with Gasteiger partial charge in [0, 0.05) is 11.4 Å². The van der Waals surface area contributed by atoms with Gasteiger partial charge in [-0.05, 0) is 13.0 Å². The second-order valence-corrected chi connectivity index (χ2v) is 4.37. The van der Waals surface area contributed by atoms with Crippen LogP contribution in [-0.4, -0.2) is 23.9 Å². The average molecular weight is 366 g/mol. The van der Waals surface area contributed by atoms with Gasteiger partial charge in [-0.2, -0.15) is 13.2 Å². The molecule has 0 atom stereocenters. The molecule has 0 aliphatic carbocycles. The number of halogens is 7. The van der Waals surface area contributed by atoms with Crippen molar-refractivity contribution in [3.05, 3.63) is 23.0 Å². The number of carbonyl (C=O) groups excluding carboxylic acids is 1. The lowest BCUT2D eigenvalue weighted by atomic mass is 10.1. The van der Waals surface area contributed by atoms with E-state index in [0.717, 1.165) is 0 Å². The molecular formula is C12H10ClF6NO3. The number of alkyl halides is 7. The van der Waals surface area contributed by atoms with Crippen molar-refractivity contribution >= 4 is 17.6 Å². The van der Waals surface area contributed by atoms with Gasteiger partial charge in [-0.15, -0.1) is 24.8 Å². The summed E-state index contributed by atoms with van der Waals surface area (Å²) in [6.07, 6.45) is -11.0. The number of carbonyl (C=O) groups is 1. The zero-order valence-electron chi connectivity index (χ0n) is 11.5. The van der Waals surface area contributed by atoms with Crippen LogP contribution in [0.3, 0.4) is 0 Å². The van der Waals surface area contributed by atoms with Gasteiger partial charge in [-0.1, -0.05) is 0 Å². The van der Waals surface area contributed by atoms with Crippen molar-refractivity contribution in [2.24, 2.45) is 0 Å². The second kappa shape index (κ2) is 7.24. The van der Waals surface area contributed by atoms with Crippen molar-refractivity contribution in [1.29, 1.82) is 0 Å². The Balaban J connectivity index is 3.38. The molecule has 1 rings (SSSR count). The van der Waals surface area contributed by atoms with E-state index in [1.54, 1.807) is 0 Å². The molecule has 0 aliphatic heterocycles. The number of hydrogen-bond acceptors (Lipinski definition) is 4. The molecule has 130 valence electrons. The molecule has 1 heterocycles. The Hall–Kier alpha value is -1.71. The third kappa shape index (κ3) is 5.77. The van der Waals surface area contributed by atoms with Gasteiger partial charge >= 0.3 is 18.5 Å². The molecule has 0 fully saturated rings. The fourth-order valence-electron chi connectivity index (χ4n) is 1.61. The Labute approximate surface area is 131 Å². The largest absolute Gasteiger partial charge is 0.573 e. The molecule has 4 nitrogen and oxygen atoms in total. The fraction of sp³-hybridized carbons (Fsp3) is 0.500. The Bertz CT molecular complexity index is 573. The van der Waals surface area contributed by atoms with E-state index in [0.29, 0.717) is 6.07 Å². The van der Waals surface area contributed by atoms with Crippen molar-refractivity contribution in [3.63, 3.8) is 0 Å². The molecule has 1 aromatic rings. The van der Waals surface area contributed by atoms with Crippen LogP contribution in [0, 0.1) is 0 Å². The predicted molar refractivity (Wildman–Crippen MR) is 65.8 cm³/mol. The van der Waals surface area contributed by atoms with Gasteiger partial charge in [-0.3, -0.25) is 4.79 Å². The van der Waals surface area contributed by atoms with Gasteiger partial charge < -0.3 is 9.47 Å². The summed E-state index contributed by atoms with van der Waals surface area (Å²) in [6.45, 7) is 1.33. The summed E-state index contributed by atoms with van der Waals surface area (Å²) in [6, 6.07) is 0.463. The summed E-state index contributed by atoms with van der Waals surface area (Å²) in [5.74, 6) is -2.82. The molecule has 0 N–H and O–H groups in total. The fourth-order valence-corrected chi connectivity index (χ4v) is 1.81. The number of pyridine rings is 1. The van der Waals surface area contributed by atoms with Crippen molar-refractivity contribution < 1.29 is 40.6 Å². The highest BCUT2D eigenvalue weighted by atomic mass is 35.5. The maximum absolute atomic E-state index is 12.9. The SMILES string of the molecule is CCOC(=O)Cc1nc(C(F)(F)F)c(CCl)cc1OC(F)(F)F. The number of ether oxygens (including phenoxy) is 2. The summed E-state index contributed by atoms with van der Waals surface area (Å²) in [7, 11) is 0. The topological polar surface area (TPSA) is 48.4 Å². The molecule has 0 bridgehead atoms. The standard InChI is InChI=1S/C12H10ClF6NO3/c1-2-22-9(21)4-7-8(23-12(17,18)19)3-6(5-13)10(20-7)11(14,15)16/h3H,2,4-5H2,1H3. The zero-order valence-corrected chi connectivity index (χ0v) is 12.3. The minimum Gasteiger partial charge on any atom is -0.466 e. The van der Waals surface area contributed by atoms with E-state index in [9.17, 15) is 31.1 Å². The van der Waals surface area contributed by atoms with E-state index in [1.807, 2.05) is 0 Å². The summed E-state index contributed by atoms with van der Waals surface area (Å²) in [5.41, 5.74) is -3.03. The molecule has 1 aromatic heterocycles. The molecule has 0 saturated carbocycles. The first-order valence-corrected chi connectivity index (χ1v) is 6.58. The summed E-state index contributed by atoms with van der Waals surface area (Å²) < 4.78 is 83.8. The predicted octanol–water partition coefficient (Wildman–Crippen LogP) is 3.84. The minimum atomic E-state index is -5.17. The van der Waals surface area contributed by atoms with Crippen molar-refractivity contribution in [3.8, 4) is 5.75 Å². The van der Waals surface area contributed by atoms with Gasteiger partial charge in [0.05, 0.1) is 18.7 Å². The van der Waals surface area contributed by atoms with E-state index in [1.165, 1.54) is 6.92 Å². The Kier molecular flexibility index (Phi) is 6.09. The van der Waals surface area contributed by atoms with Crippen LogP contribution in [0.2, 0.25) is 0 Å². The van der Waals surface area contributed by atoms with E-state index in [4.69, 9.17) is 11.6 Å². The third-order valence-corrected chi connectivity index (χ3v) is 2.68.